The Balaban J connectivity index is 1.99. The Bertz CT molecular complexity index is 759. The number of hydrogen-bond donors (Lipinski definition) is 2. The van der Waals surface area contributed by atoms with E-state index in [9.17, 15) is 4.39 Å². The predicted octanol–water partition coefficient (Wildman–Crippen LogP) is 3.61. The average molecular weight is 280 g/mol. The van der Waals surface area contributed by atoms with Crippen molar-refractivity contribution in [3.05, 3.63) is 66.5 Å². The van der Waals surface area contributed by atoms with Gasteiger partial charge in [0, 0.05) is 17.3 Å². The van der Waals surface area contributed by atoms with E-state index in [0.29, 0.717) is 17.2 Å². The molecule has 2 aromatic carbocycles. The number of nitrogens with zero attached hydrogens (tertiary/aromatic N) is 2. The van der Waals surface area contributed by atoms with Crippen LogP contribution in [0.3, 0.4) is 0 Å². The van der Waals surface area contributed by atoms with E-state index in [2.05, 4.69) is 15.3 Å². The third-order valence-corrected chi connectivity index (χ3v) is 2.93. The van der Waals surface area contributed by atoms with Crippen molar-refractivity contribution in [2.24, 2.45) is 0 Å². The fourth-order valence-electron chi connectivity index (χ4n) is 1.98. The SMILES string of the molecule is Nc1cc(-c2ccccc2F)nc(Nc2ccccc2)n1. The van der Waals surface area contributed by atoms with Crippen molar-refractivity contribution >= 4 is 17.5 Å². The van der Waals surface area contributed by atoms with Crippen LogP contribution in [0.4, 0.5) is 21.8 Å². The van der Waals surface area contributed by atoms with E-state index in [1.54, 1.807) is 24.3 Å². The molecule has 5 heteroatoms. The van der Waals surface area contributed by atoms with E-state index in [-0.39, 0.29) is 11.6 Å². The molecule has 0 unspecified atom stereocenters. The van der Waals surface area contributed by atoms with E-state index < -0.39 is 0 Å². The summed E-state index contributed by atoms with van der Waals surface area (Å²) in [7, 11) is 0. The maximum absolute atomic E-state index is 13.8. The van der Waals surface area contributed by atoms with Gasteiger partial charge in [0.1, 0.15) is 11.6 Å². The highest BCUT2D eigenvalue weighted by Crippen LogP contribution is 2.24. The molecule has 0 fully saturated rings. The number of aromatic nitrogens is 2. The molecule has 21 heavy (non-hydrogen) atoms. The molecule has 0 saturated carbocycles. The van der Waals surface area contributed by atoms with E-state index in [0.717, 1.165) is 5.69 Å². The lowest BCUT2D eigenvalue weighted by Crippen LogP contribution is -2.02. The Kier molecular flexibility index (Phi) is 3.47. The molecular formula is C16H13FN4. The van der Waals surface area contributed by atoms with Crippen LogP contribution in [0.15, 0.2) is 60.7 Å². The lowest BCUT2D eigenvalue weighted by atomic mass is 10.1. The standard InChI is InChI=1S/C16H13FN4/c17-13-9-5-4-8-12(13)14-10-15(18)21-16(20-14)19-11-6-2-1-3-7-11/h1-10H,(H3,18,19,20,21). The minimum absolute atomic E-state index is 0.279. The van der Waals surface area contributed by atoms with Gasteiger partial charge in [-0.2, -0.15) is 4.98 Å². The molecule has 3 rings (SSSR count). The summed E-state index contributed by atoms with van der Waals surface area (Å²) in [5.74, 6) is 0.266. The third-order valence-electron chi connectivity index (χ3n) is 2.93. The molecule has 4 nitrogen and oxygen atoms in total. The number of hydrogen-bond acceptors (Lipinski definition) is 4. The van der Waals surface area contributed by atoms with Gasteiger partial charge in [0.15, 0.2) is 0 Å². The lowest BCUT2D eigenvalue weighted by Gasteiger charge is -2.08. The number of anilines is 3. The van der Waals surface area contributed by atoms with Crippen LogP contribution in [0, 0.1) is 5.82 Å². The van der Waals surface area contributed by atoms with Crippen molar-refractivity contribution in [1.82, 2.24) is 9.97 Å². The molecule has 3 N–H and O–H groups in total. The zero-order chi connectivity index (χ0) is 14.7. The molecule has 0 atom stereocenters. The largest absolute Gasteiger partial charge is 0.384 e. The van der Waals surface area contributed by atoms with Gasteiger partial charge in [-0.1, -0.05) is 30.3 Å². The van der Waals surface area contributed by atoms with Crippen LogP contribution < -0.4 is 11.1 Å². The second kappa shape index (κ2) is 5.58. The number of halogens is 1. The Morgan fingerprint density at radius 2 is 1.62 bits per heavy atom. The number of para-hydroxylation sites is 1. The highest BCUT2D eigenvalue weighted by Gasteiger charge is 2.09. The summed E-state index contributed by atoms with van der Waals surface area (Å²) in [4.78, 5) is 8.44. The van der Waals surface area contributed by atoms with Crippen molar-refractivity contribution in [2.45, 2.75) is 0 Å². The van der Waals surface area contributed by atoms with Gasteiger partial charge in [0.25, 0.3) is 0 Å². The fourth-order valence-corrected chi connectivity index (χ4v) is 1.98. The fraction of sp³-hybridized carbons (Fsp3) is 0. The molecule has 0 spiro atoms. The second-order valence-electron chi connectivity index (χ2n) is 4.47. The quantitative estimate of drug-likeness (QED) is 0.769. The molecule has 0 bridgehead atoms. The molecule has 0 aliphatic carbocycles. The number of benzene rings is 2. The van der Waals surface area contributed by atoms with E-state index >= 15 is 0 Å². The summed E-state index contributed by atoms with van der Waals surface area (Å²) in [5, 5.41) is 3.05. The smallest absolute Gasteiger partial charge is 0.229 e. The van der Waals surface area contributed by atoms with Crippen LogP contribution in [-0.2, 0) is 0 Å². The molecule has 104 valence electrons. The van der Waals surface area contributed by atoms with Crippen molar-refractivity contribution in [3.8, 4) is 11.3 Å². The second-order valence-corrected chi connectivity index (χ2v) is 4.47. The maximum atomic E-state index is 13.8. The van der Waals surface area contributed by atoms with Gasteiger partial charge in [-0.25, -0.2) is 9.37 Å². The number of nitrogen functional groups attached to an aromatic ring is 1. The zero-order valence-electron chi connectivity index (χ0n) is 11.1. The third kappa shape index (κ3) is 2.97. The Morgan fingerprint density at radius 1 is 0.905 bits per heavy atom. The number of rotatable bonds is 3. The van der Waals surface area contributed by atoms with E-state index in [1.165, 1.54) is 6.07 Å². The molecular weight excluding hydrogens is 267 g/mol. The minimum Gasteiger partial charge on any atom is -0.384 e. The molecule has 1 heterocycles. The number of nitrogens with one attached hydrogen (secondary N) is 1. The zero-order valence-corrected chi connectivity index (χ0v) is 11.1. The van der Waals surface area contributed by atoms with Gasteiger partial charge >= 0.3 is 0 Å². The molecule has 0 saturated heterocycles. The minimum atomic E-state index is -0.346. The Hall–Kier alpha value is -2.95. The monoisotopic (exact) mass is 280 g/mol. The van der Waals surface area contributed by atoms with Crippen LogP contribution in [0.1, 0.15) is 0 Å². The summed E-state index contributed by atoms with van der Waals surface area (Å²) in [5.41, 5.74) is 7.46. The summed E-state index contributed by atoms with van der Waals surface area (Å²) >= 11 is 0. The first-order valence-electron chi connectivity index (χ1n) is 6.44. The van der Waals surface area contributed by atoms with Gasteiger partial charge in [-0.05, 0) is 24.3 Å². The van der Waals surface area contributed by atoms with Crippen LogP contribution in [0.5, 0.6) is 0 Å². The van der Waals surface area contributed by atoms with Crippen LogP contribution in [-0.4, -0.2) is 9.97 Å². The van der Waals surface area contributed by atoms with E-state index in [1.807, 2.05) is 30.3 Å². The van der Waals surface area contributed by atoms with Crippen molar-refractivity contribution < 1.29 is 4.39 Å². The van der Waals surface area contributed by atoms with Gasteiger partial charge in [0.2, 0.25) is 5.95 Å². The molecule has 0 aliphatic rings. The topological polar surface area (TPSA) is 63.8 Å². The van der Waals surface area contributed by atoms with Crippen LogP contribution in [0.25, 0.3) is 11.3 Å². The summed E-state index contributed by atoms with van der Waals surface area (Å²) < 4.78 is 13.8. The molecule has 0 aliphatic heterocycles. The molecule has 0 radical (unpaired) electrons. The Morgan fingerprint density at radius 3 is 2.38 bits per heavy atom. The summed E-state index contributed by atoms with van der Waals surface area (Å²) in [6.45, 7) is 0. The van der Waals surface area contributed by atoms with Gasteiger partial charge in [0.05, 0.1) is 5.69 Å². The van der Waals surface area contributed by atoms with Crippen LogP contribution in [0.2, 0.25) is 0 Å². The predicted molar refractivity (Wildman–Crippen MR) is 81.6 cm³/mol. The lowest BCUT2D eigenvalue weighted by molar-refractivity contribution is 0.630. The van der Waals surface area contributed by atoms with Crippen LogP contribution >= 0.6 is 0 Å². The van der Waals surface area contributed by atoms with Gasteiger partial charge in [-0.15, -0.1) is 0 Å². The first kappa shape index (κ1) is 13.1. The summed E-state index contributed by atoms with van der Waals surface area (Å²) in [6.07, 6.45) is 0. The molecule has 3 aromatic rings. The van der Waals surface area contributed by atoms with Gasteiger partial charge < -0.3 is 11.1 Å². The van der Waals surface area contributed by atoms with Crippen molar-refractivity contribution in [1.29, 1.82) is 0 Å². The summed E-state index contributed by atoms with van der Waals surface area (Å²) in [6, 6.07) is 17.4. The van der Waals surface area contributed by atoms with Crippen molar-refractivity contribution in [2.75, 3.05) is 11.1 Å². The highest BCUT2D eigenvalue weighted by molar-refractivity contribution is 5.65. The molecule has 0 amide bonds. The molecule has 1 aromatic heterocycles. The normalized spacial score (nSPS) is 10.3. The maximum Gasteiger partial charge on any atom is 0.229 e. The van der Waals surface area contributed by atoms with Gasteiger partial charge in [-0.3, -0.25) is 0 Å². The van der Waals surface area contributed by atoms with Crippen molar-refractivity contribution in [3.63, 3.8) is 0 Å². The first-order chi connectivity index (χ1) is 10.2. The average Bonchev–Trinajstić information content (AvgIpc) is 2.48. The van der Waals surface area contributed by atoms with E-state index in [4.69, 9.17) is 5.73 Å². The number of nitrogens with two attached hydrogens (primary N) is 1. The highest BCUT2D eigenvalue weighted by atomic mass is 19.1. The first-order valence-corrected chi connectivity index (χ1v) is 6.44. The Labute approximate surface area is 121 Å².